The minimum atomic E-state index is 0.130. The molecule has 1 unspecified atom stereocenters. The van der Waals surface area contributed by atoms with Gasteiger partial charge >= 0.3 is 0 Å². The van der Waals surface area contributed by atoms with Crippen LogP contribution in [0.4, 0.5) is 0 Å². The van der Waals surface area contributed by atoms with Crippen molar-refractivity contribution in [3.05, 3.63) is 47.5 Å². The summed E-state index contributed by atoms with van der Waals surface area (Å²) in [4.78, 5) is 0. The van der Waals surface area contributed by atoms with Crippen LogP contribution in [0, 0.1) is 12.8 Å². The zero-order chi connectivity index (χ0) is 12.4. The first-order valence-electron chi connectivity index (χ1n) is 6.39. The Balaban J connectivity index is 2.59. The molecule has 0 fully saturated rings. The molecule has 1 heteroatoms. The Morgan fingerprint density at radius 2 is 1.71 bits per heavy atom. The van der Waals surface area contributed by atoms with Crippen molar-refractivity contribution in [2.24, 2.45) is 11.7 Å². The van der Waals surface area contributed by atoms with E-state index < -0.39 is 0 Å². The summed E-state index contributed by atoms with van der Waals surface area (Å²) in [5.41, 5.74) is 8.96. The first kappa shape index (κ1) is 12.1. The molecular weight excluding hydrogens is 206 g/mol. The van der Waals surface area contributed by atoms with Gasteiger partial charge in [-0.2, -0.15) is 0 Å². The highest BCUT2D eigenvalue weighted by atomic mass is 14.6. The number of rotatable bonds is 3. The molecule has 0 saturated heterocycles. The predicted molar refractivity (Wildman–Crippen MR) is 75.1 cm³/mol. The van der Waals surface area contributed by atoms with Crippen molar-refractivity contribution in [3.8, 4) is 0 Å². The maximum Gasteiger partial charge on any atom is 0.0326 e. The van der Waals surface area contributed by atoms with Gasteiger partial charge in [0.05, 0.1) is 0 Å². The van der Waals surface area contributed by atoms with Crippen molar-refractivity contribution < 1.29 is 0 Å². The number of fused-ring (bicyclic) bond motifs is 1. The number of nitrogens with two attached hydrogens (primary N) is 1. The standard InChI is InChI=1S/C16H21N/c1-4-11(2)16(17)15-10-9-12(3)13-7-5-6-8-14(13)15/h5-11,16H,4,17H2,1-3H3/t11?,16-/m0/s1. The normalized spacial score (nSPS) is 14.8. The molecule has 0 saturated carbocycles. The van der Waals surface area contributed by atoms with Crippen LogP contribution in [0.15, 0.2) is 36.4 Å². The lowest BCUT2D eigenvalue weighted by molar-refractivity contribution is 0.459. The molecule has 0 heterocycles. The van der Waals surface area contributed by atoms with Gasteiger partial charge in [-0.25, -0.2) is 0 Å². The summed E-state index contributed by atoms with van der Waals surface area (Å²) in [5.74, 6) is 0.515. The molecule has 2 atom stereocenters. The molecule has 0 radical (unpaired) electrons. The molecular formula is C16H21N. The molecule has 0 spiro atoms. The lowest BCUT2D eigenvalue weighted by Crippen LogP contribution is -2.18. The Labute approximate surface area is 104 Å². The third-order valence-electron chi connectivity index (χ3n) is 3.79. The van der Waals surface area contributed by atoms with Gasteiger partial charge in [-0.1, -0.05) is 56.7 Å². The Morgan fingerprint density at radius 3 is 2.35 bits per heavy atom. The highest BCUT2D eigenvalue weighted by Gasteiger charge is 2.15. The molecule has 0 aliphatic rings. The summed E-state index contributed by atoms with van der Waals surface area (Å²) in [6, 6.07) is 13.0. The summed E-state index contributed by atoms with van der Waals surface area (Å²) < 4.78 is 0. The van der Waals surface area contributed by atoms with Crippen LogP contribution >= 0.6 is 0 Å². The average Bonchev–Trinajstić information content (AvgIpc) is 2.38. The van der Waals surface area contributed by atoms with Gasteiger partial charge in [0, 0.05) is 6.04 Å². The second kappa shape index (κ2) is 4.89. The highest BCUT2D eigenvalue weighted by molar-refractivity contribution is 5.88. The molecule has 1 nitrogen and oxygen atoms in total. The Morgan fingerprint density at radius 1 is 1.06 bits per heavy atom. The largest absolute Gasteiger partial charge is 0.324 e. The molecule has 0 aliphatic heterocycles. The second-order valence-corrected chi connectivity index (χ2v) is 4.93. The van der Waals surface area contributed by atoms with E-state index in [1.807, 2.05) is 0 Å². The van der Waals surface area contributed by atoms with Crippen molar-refractivity contribution in [1.29, 1.82) is 0 Å². The lowest BCUT2D eigenvalue weighted by Gasteiger charge is -2.21. The van der Waals surface area contributed by atoms with Gasteiger partial charge in [-0.05, 0) is 34.7 Å². The van der Waals surface area contributed by atoms with E-state index in [1.54, 1.807) is 0 Å². The zero-order valence-electron chi connectivity index (χ0n) is 10.9. The van der Waals surface area contributed by atoms with Gasteiger partial charge in [0.1, 0.15) is 0 Å². The topological polar surface area (TPSA) is 26.0 Å². The van der Waals surface area contributed by atoms with E-state index >= 15 is 0 Å². The molecule has 2 N–H and O–H groups in total. The molecule has 0 aromatic heterocycles. The molecule has 0 aliphatic carbocycles. The summed E-state index contributed by atoms with van der Waals surface area (Å²) in [6.45, 7) is 6.57. The summed E-state index contributed by atoms with van der Waals surface area (Å²) >= 11 is 0. The maximum atomic E-state index is 6.37. The maximum absolute atomic E-state index is 6.37. The van der Waals surface area contributed by atoms with Crippen molar-refractivity contribution in [2.75, 3.05) is 0 Å². The second-order valence-electron chi connectivity index (χ2n) is 4.93. The van der Waals surface area contributed by atoms with Gasteiger partial charge in [0.25, 0.3) is 0 Å². The lowest BCUT2D eigenvalue weighted by atomic mass is 9.89. The van der Waals surface area contributed by atoms with Gasteiger partial charge in [0.2, 0.25) is 0 Å². The van der Waals surface area contributed by atoms with E-state index in [4.69, 9.17) is 5.73 Å². The SMILES string of the molecule is CCC(C)[C@H](N)c1ccc(C)c2ccccc12. The molecule has 2 aromatic rings. The van der Waals surface area contributed by atoms with Crippen molar-refractivity contribution in [1.82, 2.24) is 0 Å². The minimum Gasteiger partial charge on any atom is -0.324 e. The average molecular weight is 227 g/mol. The summed E-state index contributed by atoms with van der Waals surface area (Å²) in [7, 11) is 0. The predicted octanol–water partition coefficient (Wildman–Crippen LogP) is 4.19. The Kier molecular flexibility index (Phi) is 3.49. The molecule has 2 rings (SSSR count). The summed E-state index contributed by atoms with van der Waals surface area (Å²) in [6.07, 6.45) is 1.11. The number of hydrogen-bond donors (Lipinski definition) is 1. The fourth-order valence-corrected chi connectivity index (χ4v) is 2.32. The fourth-order valence-electron chi connectivity index (χ4n) is 2.32. The number of aryl methyl sites for hydroxylation is 1. The third kappa shape index (κ3) is 2.20. The molecule has 0 bridgehead atoms. The van der Waals surface area contributed by atoms with Gasteiger partial charge in [0.15, 0.2) is 0 Å². The van der Waals surface area contributed by atoms with Crippen LogP contribution in [0.25, 0.3) is 10.8 Å². The zero-order valence-corrected chi connectivity index (χ0v) is 10.9. The van der Waals surface area contributed by atoms with Crippen LogP contribution in [0.5, 0.6) is 0 Å². The van der Waals surface area contributed by atoms with Crippen LogP contribution in [-0.4, -0.2) is 0 Å². The minimum absolute atomic E-state index is 0.130. The third-order valence-corrected chi connectivity index (χ3v) is 3.79. The smallest absolute Gasteiger partial charge is 0.0326 e. The Hall–Kier alpha value is -1.34. The van der Waals surface area contributed by atoms with Crippen molar-refractivity contribution >= 4 is 10.8 Å². The van der Waals surface area contributed by atoms with E-state index in [1.165, 1.54) is 21.9 Å². The summed E-state index contributed by atoms with van der Waals surface area (Å²) in [5, 5.41) is 2.63. The van der Waals surface area contributed by atoms with Gasteiger partial charge in [-0.3, -0.25) is 0 Å². The molecule has 2 aromatic carbocycles. The Bertz CT molecular complexity index is 516. The van der Waals surface area contributed by atoms with E-state index in [9.17, 15) is 0 Å². The van der Waals surface area contributed by atoms with Crippen LogP contribution in [0.2, 0.25) is 0 Å². The van der Waals surface area contributed by atoms with E-state index in [0.717, 1.165) is 6.42 Å². The molecule has 90 valence electrons. The first-order chi connectivity index (χ1) is 8.15. The first-order valence-corrected chi connectivity index (χ1v) is 6.39. The van der Waals surface area contributed by atoms with Crippen LogP contribution < -0.4 is 5.73 Å². The highest BCUT2D eigenvalue weighted by Crippen LogP contribution is 2.30. The van der Waals surface area contributed by atoms with Gasteiger partial charge < -0.3 is 5.73 Å². The molecule has 0 amide bonds. The van der Waals surface area contributed by atoms with Crippen LogP contribution in [0.1, 0.15) is 37.4 Å². The van der Waals surface area contributed by atoms with Crippen LogP contribution in [-0.2, 0) is 0 Å². The van der Waals surface area contributed by atoms with E-state index in [-0.39, 0.29) is 6.04 Å². The van der Waals surface area contributed by atoms with E-state index in [2.05, 4.69) is 57.2 Å². The molecule has 17 heavy (non-hydrogen) atoms. The van der Waals surface area contributed by atoms with Gasteiger partial charge in [-0.15, -0.1) is 0 Å². The van der Waals surface area contributed by atoms with Crippen molar-refractivity contribution in [3.63, 3.8) is 0 Å². The van der Waals surface area contributed by atoms with E-state index in [0.29, 0.717) is 5.92 Å². The number of benzene rings is 2. The number of hydrogen-bond acceptors (Lipinski definition) is 1. The van der Waals surface area contributed by atoms with Crippen LogP contribution in [0.3, 0.4) is 0 Å². The quantitative estimate of drug-likeness (QED) is 0.835. The van der Waals surface area contributed by atoms with Crippen molar-refractivity contribution in [2.45, 2.75) is 33.2 Å². The fraction of sp³-hybridized carbons (Fsp3) is 0.375. The monoisotopic (exact) mass is 227 g/mol.